The van der Waals surface area contributed by atoms with Gasteiger partial charge in [0.1, 0.15) is 0 Å². The molecule has 6 nitrogen and oxygen atoms in total. The van der Waals surface area contributed by atoms with Gasteiger partial charge < -0.3 is 10.2 Å². The summed E-state index contributed by atoms with van der Waals surface area (Å²) in [4.78, 5) is 15.8. The maximum absolute atomic E-state index is 11.9. The summed E-state index contributed by atoms with van der Waals surface area (Å²) >= 11 is 0. The molecule has 0 saturated carbocycles. The molecule has 0 bridgehead atoms. The number of carbonyl (C=O) groups is 1. The second-order valence-electron chi connectivity index (χ2n) is 7.17. The summed E-state index contributed by atoms with van der Waals surface area (Å²) < 4.78 is 2.05. The molecule has 0 fully saturated rings. The molecule has 0 radical (unpaired) electrons. The van der Waals surface area contributed by atoms with Gasteiger partial charge in [0.25, 0.3) is 0 Å². The molecular formula is C19H27N5O. The number of fused-ring (bicyclic) bond motifs is 1. The van der Waals surface area contributed by atoms with Crippen LogP contribution >= 0.6 is 0 Å². The molecule has 0 aliphatic carbocycles. The van der Waals surface area contributed by atoms with Crippen LogP contribution in [0.25, 0.3) is 0 Å². The quantitative estimate of drug-likeness (QED) is 0.929. The molecule has 2 heterocycles. The van der Waals surface area contributed by atoms with Crippen molar-refractivity contribution in [3.8, 4) is 0 Å². The highest BCUT2D eigenvalue weighted by Crippen LogP contribution is 2.22. The Hall–Kier alpha value is -2.34. The van der Waals surface area contributed by atoms with Gasteiger partial charge in [-0.2, -0.15) is 5.10 Å². The highest BCUT2D eigenvalue weighted by molar-refractivity contribution is 5.73. The molecule has 0 saturated heterocycles. The summed E-state index contributed by atoms with van der Waals surface area (Å²) in [5, 5.41) is 7.44. The second kappa shape index (κ2) is 7.27. The summed E-state index contributed by atoms with van der Waals surface area (Å²) in [6.45, 7) is 7.52. The molecule has 2 aromatic rings. The van der Waals surface area contributed by atoms with Gasteiger partial charge in [0, 0.05) is 46.5 Å². The number of hydrogen-bond donors (Lipinski definition) is 1. The summed E-state index contributed by atoms with van der Waals surface area (Å²) in [6.07, 6.45) is 1.84. The maximum Gasteiger partial charge on any atom is 0.316 e. The van der Waals surface area contributed by atoms with Gasteiger partial charge in [0.15, 0.2) is 0 Å². The number of hydrogen-bond acceptors (Lipinski definition) is 3. The predicted octanol–water partition coefficient (Wildman–Crippen LogP) is 2.33. The molecule has 3 rings (SSSR count). The number of urea groups is 1. The zero-order valence-corrected chi connectivity index (χ0v) is 15.5. The van der Waals surface area contributed by atoms with Crippen molar-refractivity contribution in [3.63, 3.8) is 0 Å². The molecule has 1 aromatic heterocycles. The minimum Gasteiger partial charge on any atom is -0.336 e. The average Bonchev–Trinajstić information content (AvgIpc) is 2.99. The van der Waals surface area contributed by atoms with Gasteiger partial charge in [0.2, 0.25) is 0 Å². The van der Waals surface area contributed by atoms with E-state index in [0.717, 1.165) is 19.6 Å². The van der Waals surface area contributed by atoms with E-state index < -0.39 is 0 Å². The van der Waals surface area contributed by atoms with Crippen LogP contribution < -0.4 is 5.32 Å². The fraction of sp³-hybridized carbons (Fsp3) is 0.474. The highest BCUT2D eigenvalue weighted by atomic mass is 16.2. The molecule has 6 heteroatoms. The smallest absolute Gasteiger partial charge is 0.316 e. The van der Waals surface area contributed by atoms with E-state index in [1.807, 2.05) is 10.9 Å². The number of aromatic nitrogens is 2. The Morgan fingerprint density at radius 1 is 1.28 bits per heavy atom. The third-order valence-corrected chi connectivity index (χ3v) is 4.54. The van der Waals surface area contributed by atoms with Crippen LogP contribution in [0.3, 0.4) is 0 Å². The standard InChI is InChI=1S/C19H27N5O/c1-14-7-15(2)9-16(8-14)11-23-12-17-5-6-21-24(17)18(13-23)10-20-19(25)22(3)4/h5-9,18H,10-13H2,1-4H3,(H,20,25)/t18-/m1/s1. The lowest BCUT2D eigenvalue weighted by Crippen LogP contribution is -2.44. The molecule has 1 aliphatic heterocycles. The Kier molecular flexibility index (Phi) is 5.08. The summed E-state index contributed by atoms with van der Waals surface area (Å²) in [7, 11) is 3.50. The van der Waals surface area contributed by atoms with Crippen LogP contribution in [0.4, 0.5) is 4.79 Å². The summed E-state index contributed by atoms with van der Waals surface area (Å²) in [5.41, 5.74) is 5.12. The second-order valence-corrected chi connectivity index (χ2v) is 7.17. The first kappa shape index (κ1) is 17.5. The molecule has 0 unspecified atom stereocenters. The van der Waals surface area contributed by atoms with E-state index in [2.05, 4.69) is 53.4 Å². The van der Waals surface area contributed by atoms with Gasteiger partial charge >= 0.3 is 6.03 Å². The number of benzene rings is 1. The van der Waals surface area contributed by atoms with E-state index in [4.69, 9.17) is 0 Å². The molecule has 1 N–H and O–H groups in total. The predicted molar refractivity (Wildman–Crippen MR) is 98.4 cm³/mol. The lowest BCUT2D eigenvalue weighted by Gasteiger charge is -2.34. The van der Waals surface area contributed by atoms with E-state index >= 15 is 0 Å². The van der Waals surface area contributed by atoms with Crippen LogP contribution in [0.2, 0.25) is 0 Å². The van der Waals surface area contributed by atoms with Crippen LogP contribution in [0.5, 0.6) is 0 Å². The monoisotopic (exact) mass is 341 g/mol. The van der Waals surface area contributed by atoms with Gasteiger partial charge in [-0.1, -0.05) is 29.3 Å². The minimum absolute atomic E-state index is 0.0693. The Labute approximate surface area is 149 Å². The van der Waals surface area contributed by atoms with E-state index in [9.17, 15) is 4.79 Å². The van der Waals surface area contributed by atoms with Crippen LogP contribution in [-0.4, -0.2) is 52.8 Å². The van der Waals surface area contributed by atoms with Gasteiger partial charge in [-0.25, -0.2) is 4.79 Å². The van der Waals surface area contributed by atoms with Gasteiger partial charge in [-0.15, -0.1) is 0 Å². The SMILES string of the molecule is Cc1cc(C)cc(CN2Cc3ccnn3[C@H](CNC(=O)N(C)C)C2)c1. The lowest BCUT2D eigenvalue weighted by atomic mass is 10.1. The van der Waals surface area contributed by atoms with Crippen LogP contribution in [0.1, 0.15) is 28.4 Å². The first-order valence-electron chi connectivity index (χ1n) is 8.69. The van der Waals surface area contributed by atoms with Crippen molar-refractivity contribution in [1.29, 1.82) is 0 Å². The number of nitrogens with one attached hydrogen (secondary N) is 1. The van der Waals surface area contributed by atoms with Crippen LogP contribution in [0, 0.1) is 13.8 Å². The van der Waals surface area contributed by atoms with E-state index in [0.29, 0.717) is 6.54 Å². The Bertz CT molecular complexity index is 732. The Morgan fingerprint density at radius 3 is 2.68 bits per heavy atom. The minimum atomic E-state index is -0.0693. The van der Waals surface area contributed by atoms with Gasteiger partial charge in [-0.05, 0) is 25.5 Å². The van der Waals surface area contributed by atoms with E-state index in [1.165, 1.54) is 22.4 Å². The third-order valence-electron chi connectivity index (χ3n) is 4.54. The number of rotatable bonds is 4. The summed E-state index contributed by atoms with van der Waals surface area (Å²) in [5.74, 6) is 0. The molecule has 25 heavy (non-hydrogen) atoms. The maximum atomic E-state index is 11.9. The highest BCUT2D eigenvalue weighted by Gasteiger charge is 2.26. The fourth-order valence-corrected chi connectivity index (χ4v) is 3.52. The zero-order chi connectivity index (χ0) is 18.0. The van der Waals surface area contributed by atoms with Crippen molar-refractivity contribution in [2.75, 3.05) is 27.2 Å². The topological polar surface area (TPSA) is 53.4 Å². The molecule has 1 atom stereocenters. The van der Waals surface area contributed by atoms with Crippen molar-refractivity contribution in [1.82, 2.24) is 24.9 Å². The summed E-state index contributed by atoms with van der Waals surface area (Å²) in [6, 6.07) is 8.85. The first-order chi connectivity index (χ1) is 11.9. The van der Waals surface area contributed by atoms with Crippen molar-refractivity contribution >= 4 is 6.03 Å². The van der Waals surface area contributed by atoms with Crippen LogP contribution in [-0.2, 0) is 13.1 Å². The van der Waals surface area contributed by atoms with Gasteiger partial charge in [-0.3, -0.25) is 9.58 Å². The molecule has 2 amide bonds. The lowest BCUT2D eigenvalue weighted by molar-refractivity contribution is 0.162. The molecular weight excluding hydrogens is 314 g/mol. The van der Waals surface area contributed by atoms with Crippen molar-refractivity contribution in [2.45, 2.75) is 33.0 Å². The fourth-order valence-electron chi connectivity index (χ4n) is 3.52. The van der Waals surface area contributed by atoms with Crippen LogP contribution in [0.15, 0.2) is 30.5 Å². The third kappa shape index (κ3) is 4.20. The largest absolute Gasteiger partial charge is 0.336 e. The van der Waals surface area contributed by atoms with E-state index in [1.54, 1.807) is 19.0 Å². The van der Waals surface area contributed by atoms with Crippen molar-refractivity contribution in [3.05, 3.63) is 52.8 Å². The Morgan fingerprint density at radius 2 is 2.00 bits per heavy atom. The molecule has 134 valence electrons. The number of carbonyl (C=O) groups excluding carboxylic acids is 1. The van der Waals surface area contributed by atoms with E-state index in [-0.39, 0.29) is 12.1 Å². The average molecular weight is 341 g/mol. The first-order valence-corrected chi connectivity index (χ1v) is 8.69. The van der Waals surface area contributed by atoms with Crippen molar-refractivity contribution < 1.29 is 4.79 Å². The molecule has 0 spiro atoms. The molecule has 1 aromatic carbocycles. The number of amides is 2. The van der Waals surface area contributed by atoms with Gasteiger partial charge in [0.05, 0.1) is 11.7 Å². The van der Waals surface area contributed by atoms with Crippen molar-refractivity contribution in [2.24, 2.45) is 0 Å². The number of nitrogens with zero attached hydrogens (tertiary/aromatic N) is 4. The zero-order valence-electron chi connectivity index (χ0n) is 15.5. The number of aryl methyl sites for hydroxylation is 2. The normalized spacial score (nSPS) is 17.2. The Balaban J connectivity index is 1.72. The molecule has 1 aliphatic rings.